The van der Waals surface area contributed by atoms with Gasteiger partial charge in [-0.25, -0.2) is 4.79 Å². The molecule has 0 bridgehead atoms. The molecule has 0 fully saturated rings. The molecule has 98 valence electrons. The van der Waals surface area contributed by atoms with Crippen molar-refractivity contribution < 1.29 is 19.4 Å². The predicted octanol–water partition coefficient (Wildman–Crippen LogP) is 1.11. The average Bonchev–Trinajstić information content (AvgIpc) is 2.64. The molecule has 0 amide bonds. The lowest BCUT2D eigenvalue weighted by atomic mass is 10.1. The van der Waals surface area contributed by atoms with Crippen LogP contribution in [-0.4, -0.2) is 30.3 Å². The lowest BCUT2D eigenvalue weighted by Crippen LogP contribution is -2.28. The van der Waals surface area contributed by atoms with Gasteiger partial charge in [-0.1, -0.05) is 12.1 Å². The minimum Gasteiger partial charge on any atom is -0.494 e. The van der Waals surface area contributed by atoms with Crippen LogP contribution in [0.1, 0.15) is 24.2 Å². The van der Waals surface area contributed by atoms with Crippen LogP contribution in [-0.2, 0) is 16.0 Å². The van der Waals surface area contributed by atoms with E-state index in [0.29, 0.717) is 13.0 Å². The molecule has 2 unspecified atom stereocenters. The number of carboxylic acid groups (broad SMARTS) is 1. The smallest absolute Gasteiger partial charge is 0.329 e. The van der Waals surface area contributed by atoms with Gasteiger partial charge in [0.1, 0.15) is 12.4 Å². The molecule has 2 rings (SSSR count). The highest BCUT2D eigenvalue weighted by Crippen LogP contribution is 2.38. The van der Waals surface area contributed by atoms with Crippen LogP contribution >= 0.6 is 0 Å². The van der Waals surface area contributed by atoms with E-state index in [1.54, 1.807) is 0 Å². The monoisotopic (exact) mass is 251 g/mol. The highest BCUT2D eigenvalue weighted by molar-refractivity contribution is 5.68. The van der Waals surface area contributed by atoms with E-state index < -0.39 is 5.97 Å². The van der Waals surface area contributed by atoms with Crippen molar-refractivity contribution in [2.45, 2.75) is 25.5 Å². The Hall–Kier alpha value is -1.59. The van der Waals surface area contributed by atoms with Gasteiger partial charge in [-0.15, -0.1) is 0 Å². The zero-order chi connectivity index (χ0) is 13.1. The van der Waals surface area contributed by atoms with Crippen molar-refractivity contribution in [2.24, 2.45) is 5.73 Å². The third-order valence-corrected chi connectivity index (χ3v) is 2.99. The number of ether oxygens (including phenoxy) is 2. The second kappa shape index (κ2) is 5.37. The molecule has 5 nitrogen and oxygen atoms in total. The normalized spacial score (nSPS) is 21.7. The number of carbonyl (C=O) groups is 1. The summed E-state index contributed by atoms with van der Waals surface area (Å²) < 4.78 is 10.9. The zero-order valence-corrected chi connectivity index (χ0v) is 10.3. The number of hydrogen-bond donors (Lipinski definition) is 2. The minimum atomic E-state index is -0.989. The number of benzene rings is 1. The highest BCUT2D eigenvalue weighted by Gasteiger charge is 2.33. The fraction of sp³-hybridized carbons (Fsp3) is 0.462. The molecule has 1 aliphatic rings. The fourth-order valence-electron chi connectivity index (χ4n) is 2.31. The molecule has 0 aromatic heterocycles. The Morgan fingerprint density at radius 2 is 2.33 bits per heavy atom. The van der Waals surface area contributed by atoms with Gasteiger partial charge in [-0.3, -0.25) is 0 Å². The van der Waals surface area contributed by atoms with E-state index >= 15 is 0 Å². The second-order valence-electron chi connectivity index (χ2n) is 4.25. The molecule has 0 saturated heterocycles. The number of fused-ring (bicyclic) bond motifs is 1. The van der Waals surface area contributed by atoms with E-state index in [1.165, 1.54) is 0 Å². The van der Waals surface area contributed by atoms with E-state index in [-0.39, 0.29) is 18.8 Å². The number of nitrogens with two attached hydrogens (primary N) is 1. The fourth-order valence-corrected chi connectivity index (χ4v) is 2.31. The molecular formula is C13H17NO4. The summed E-state index contributed by atoms with van der Waals surface area (Å²) >= 11 is 0. The SMILES string of the molecule is CCOc1cccc2c1CC(N)C2OCC(=O)O. The van der Waals surface area contributed by atoms with Crippen molar-refractivity contribution in [1.82, 2.24) is 0 Å². The van der Waals surface area contributed by atoms with Crippen LogP contribution in [0.2, 0.25) is 0 Å². The van der Waals surface area contributed by atoms with E-state index in [4.69, 9.17) is 20.3 Å². The molecule has 0 heterocycles. The van der Waals surface area contributed by atoms with E-state index in [2.05, 4.69) is 0 Å². The Labute approximate surface area is 106 Å². The van der Waals surface area contributed by atoms with Crippen LogP contribution in [0.5, 0.6) is 5.75 Å². The van der Waals surface area contributed by atoms with Crippen molar-refractivity contribution in [3.05, 3.63) is 29.3 Å². The van der Waals surface area contributed by atoms with Crippen molar-refractivity contribution in [1.29, 1.82) is 0 Å². The van der Waals surface area contributed by atoms with Gasteiger partial charge in [0, 0.05) is 11.6 Å². The van der Waals surface area contributed by atoms with E-state index in [0.717, 1.165) is 16.9 Å². The number of hydrogen-bond acceptors (Lipinski definition) is 4. The van der Waals surface area contributed by atoms with Gasteiger partial charge in [0.05, 0.1) is 12.7 Å². The molecule has 18 heavy (non-hydrogen) atoms. The Morgan fingerprint density at radius 1 is 1.56 bits per heavy atom. The van der Waals surface area contributed by atoms with Crippen LogP contribution in [0.4, 0.5) is 0 Å². The van der Waals surface area contributed by atoms with Crippen LogP contribution in [0, 0.1) is 0 Å². The summed E-state index contributed by atoms with van der Waals surface area (Å²) in [5.41, 5.74) is 7.98. The Kier molecular flexibility index (Phi) is 3.84. The van der Waals surface area contributed by atoms with Gasteiger partial charge in [0.25, 0.3) is 0 Å². The van der Waals surface area contributed by atoms with Crippen molar-refractivity contribution in [3.8, 4) is 5.75 Å². The first-order valence-corrected chi connectivity index (χ1v) is 5.97. The Morgan fingerprint density at radius 3 is 3.00 bits per heavy atom. The molecule has 0 aliphatic heterocycles. The number of carboxylic acids is 1. The summed E-state index contributed by atoms with van der Waals surface area (Å²) in [7, 11) is 0. The molecule has 5 heteroatoms. The lowest BCUT2D eigenvalue weighted by molar-refractivity contribution is -0.144. The molecule has 0 radical (unpaired) electrons. The standard InChI is InChI=1S/C13H17NO4/c1-2-17-11-5-3-4-8-9(11)6-10(14)13(8)18-7-12(15)16/h3-5,10,13H,2,6-7,14H2,1H3,(H,15,16). The Bertz CT molecular complexity index is 447. The third kappa shape index (κ3) is 2.47. The van der Waals surface area contributed by atoms with Gasteiger partial charge >= 0.3 is 5.97 Å². The van der Waals surface area contributed by atoms with Crippen LogP contribution in [0.3, 0.4) is 0 Å². The summed E-state index contributed by atoms with van der Waals surface area (Å²) in [6.45, 7) is 2.18. The second-order valence-corrected chi connectivity index (χ2v) is 4.25. The van der Waals surface area contributed by atoms with Crippen molar-refractivity contribution >= 4 is 5.97 Å². The molecule has 0 spiro atoms. The quantitative estimate of drug-likeness (QED) is 0.819. The van der Waals surface area contributed by atoms with Gasteiger partial charge in [-0.05, 0) is 25.0 Å². The molecule has 2 atom stereocenters. The maximum atomic E-state index is 10.6. The largest absolute Gasteiger partial charge is 0.494 e. The molecule has 3 N–H and O–H groups in total. The van der Waals surface area contributed by atoms with E-state index in [9.17, 15) is 4.79 Å². The topological polar surface area (TPSA) is 81.8 Å². The molecule has 0 saturated carbocycles. The molecule has 1 aromatic rings. The average molecular weight is 251 g/mol. The summed E-state index contributed by atoms with van der Waals surface area (Å²) in [6.07, 6.45) is 0.284. The van der Waals surface area contributed by atoms with Gasteiger partial charge < -0.3 is 20.3 Å². The summed E-state index contributed by atoms with van der Waals surface area (Å²) in [4.78, 5) is 10.6. The molecular weight excluding hydrogens is 234 g/mol. The summed E-state index contributed by atoms with van der Waals surface area (Å²) in [6, 6.07) is 5.46. The van der Waals surface area contributed by atoms with Gasteiger partial charge in [0.2, 0.25) is 0 Å². The third-order valence-electron chi connectivity index (χ3n) is 2.99. The van der Waals surface area contributed by atoms with Crippen LogP contribution in [0.15, 0.2) is 18.2 Å². The van der Waals surface area contributed by atoms with Crippen LogP contribution in [0.25, 0.3) is 0 Å². The van der Waals surface area contributed by atoms with Gasteiger partial charge in [0.15, 0.2) is 0 Å². The van der Waals surface area contributed by atoms with Gasteiger partial charge in [-0.2, -0.15) is 0 Å². The maximum absolute atomic E-state index is 10.6. The predicted molar refractivity (Wildman–Crippen MR) is 65.6 cm³/mol. The molecule has 1 aromatic carbocycles. The number of rotatable bonds is 5. The summed E-state index contributed by atoms with van der Waals surface area (Å²) in [5, 5.41) is 8.66. The van der Waals surface area contributed by atoms with Crippen molar-refractivity contribution in [2.75, 3.05) is 13.2 Å². The summed E-state index contributed by atoms with van der Waals surface area (Å²) in [5.74, 6) is -0.177. The highest BCUT2D eigenvalue weighted by atomic mass is 16.5. The molecule has 1 aliphatic carbocycles. The maximum Gasteiger partial charge on any atom is 0.329 e. The Balaban J connectivity index is 2.22. The van der Waals surface area contributed by atoms with Crippen molar-refractivity contribution in [3.63, 3.8) is 0 Å². The zero-order valence-electron chi connectivity index (χ0n) is 10.3. The van der Waals surface area contributed by atoms with E-state index in [1.807, 2.05) is 25.1 Å². The lowest BCUT2D eigenvalue weighted by Gasteiger charge is -2.16. The minimum absolute atomic E-state index is 0.221. The first-order valence-electron chi connectivity index (χ1n) is 5.97. The van der Waals surface area contributed by atoms with Crippen LogP contribution < -0.4 is 10.5 Å². The number of aliphatic carboxylic acids is 1. The first kappa shape index (κ1) is 12.9. The first-order chi connectivity index (χ1) is 8.63.